The monoisotopic (exact) mass is 331 g/mol. The van der Waals surface area contributed by atoms with Gasteiger partial charge in [0.25, 0.3) is 0 Å². The van der Waals surface area contributed by atoms with Crippen molar-refractivity contribution < 1.29 is 0 Å². The Kier molecular flexibility index (Phi) is 4.87. The normalized spacial score (nSPS) is 20.3. The summed E-state index contributed by atoms with van der Waals surface area (Å²) in [5, 5.41) is 0.662. The SMILES string of the molecule is CCN1CCCC1CN(C)c1ncc(Cl)cc1Br. The average molecular weight is 333 g/mol. The number of halogens is 2. The van der Waals surface area contributed by atoms with Gasteiger partial charge in [-0.15, -0.1) is 0 Å². The van der Waals surface area contributed by atoms with Crippen LogP contribution in [0.25, 0.3) is 0 Å². The molecule has 0 aliphatic carbocycles. The molecule has 0 aromatic carbocycles. The number of anilines is 1. The molecule has 1 saturated heterocycles. The van der Waals surface area contributed by atoms with Crippen molar-refractivity contribution in [1.82, 2.24) is 9.88 Å². The summed E-state index contributed by atoms with van der Waals surface area (Å²) in [6, 6.07) is 2.54. The third-order valence-electron chi connectivity index (χ3n) is 3.54. The van der Waals surface area contributed by atoms with E-state index in [1.807, 2.05) is 6.07 Å². The molecule has 1 aliphatic rings. The van der Waals surface area contributed by atoms with Gasteiger partial charge in [0, 0.05) is 25.8 Å². The van der Waals surface area contributed by atoms with E-state index in [0.717, 1.165) is 23.4 Å². The van der Waals surface area contributed by atoms with Crippen LogP contribution in [0.1, 0.15) is 19.8 Å². The van der Waals surface area contributed by atoms with Gasteiger partial charge in [-0.1, -0.05) is 18.5 Å². The molecule has 0 saturated carbocycles. The molecule has 1 aromatic heterocycles. The van der Waals surface area contributed by atoms with Crippen molar-refractivity contribution in [1.29, 1.82) is 0 Å². The van der Waals surface area contributed by atoms with E-state index in [4.69, 9.17) is 11.6 Å². The first-order chi connectivity index (χ1) is 8.61. The smallest absolute Gasteiger partial charge is 0.142 e. The fourth-order valence-electron chi connectivity index (χ4n) is 2.61. The van der Waals surface area contributed by atoms with Crippen molar-refractivity contribution in [2.75, 3.05) is 31.6 Å². The van der Waals surface area contributed by atoms with E-state index in [-0.39, 0.29) is 0 Å². The van der Waals surface area contributed by atoms with Crippen LogP contribution in [-0.2, 0) is 0 Å². The van der Waals surface area contributed by atoms with Crippen molar-refractivity contribution >= 4 is 33.3 Å². The summed E-state index contributed by atoms with van der Waals surface area (Å²) in [5.41, 5.74) is 0. The molecule has 0 amide bonds. The van der Waals surface area contributed by atoms with E-state index in [1.54, 1.807) is 6.20 Å². The Morgan fingerprint density at radius 3 is 3.06 bits per heavy atom. The molecule has 1 fully saturated rings. The summed E-state index contributed by atoms with van der Waals surface area (Å²) < 4.78 is 0.957. The Morgan fingerprint density at radius 2 is 2.39 bits per heavy atom. The summed E-state index contributed by atoms with van der Waals surface area (Å²) in [4.78, 5) is 9.15. The van der Waals surface area contributed by atoms with Crippen molar-refractivity contribution in [2.24, 2.45) is 0 Å². The van der Waals surface area contributed by atoms with Crippen molar-refractivity contribution in [3.8, 4) is 0 Å². The first kappa shape index (κ1) is 14.1. The predicted molar refractivity (Wildman–Crippen MR) is 80.5 cm³/mol. The van der Waals surface area contributed by atoms with Crippen LogP contribution < -0.4 is 4.90 Å². The Labute approximate surface area is 122 Å². The third kappa shape index (κ3) is 3.16. The highest BCUT2D eigenvalue weighted by molar-refractivity contribution is 9.10. The summed E-state index contributed by atoms with van der Waals surface area (Å²) in [5.74, 6) is 0.961. The molecular formula is C13H19BrClN3. The van der Waals surface area contributed by atoms with Crippen LogP contribution in [0, 0.1) is 0 Å². The predicted octanol–water partition coefficient (Wildman–Crippen LogP) is 3.42. The second-order valence-electron chi connectivity index (χ2n) is 4.76. The summed E-state index contributed by atoms with van der Waals surface area (Å²) in [6.45, 7) is 5.60. The van der Waals surface area contributed by atoms with Gasteiger partial charge in [-0.25, -0.2) is 4.98 Å². The molecule has 18 heavy (non-hydrogen) atoms. The van der Waals surface area contributed by atoms with E-state index < -0.39 is 0 Å². The number of likely N-dealkylation sites (N-methyl/N-ethyl adjacent to an activating group) is 2. The topological polar surface area (TPSA) is 19.4 Å². The zero-order valence-electron chi connectivity index (χ0n) is 10.9. The lowest BCUT2D eigenvalue weighted by atomic mass is 10.2. The van der Waals surface area contributed by atoms with Crippen LogP contribution in [0.3, 0.4) is 0 Å². The number of rotatable bonds is 4. The number of hydrogen-bond donors (Lipinski definition) is 0. The first-order valence-electron chi connectivity index (χ1n) is 6.38. The number of likely N-dealkylation sites (tertiary alicyclic amines) is 1. The van der Waals surface area contributed by atoms with Crippen LogP contribution in [0.5, 0.6) is 0 Å². The molecule has 1 aromatic rings. The third-order valence-corrected chi connectivity index (χ3v) is 4.33. The van der Waals surface area contributed by atoms with E-state index in [2.05, 4.69) is 44.7 Å². The lowest BCUT2D eigenvalue weighted by Crippen LogP contribution is -2.39. The van der Waals surface area contributed by atoms with Gasteiger partial charge in [-0.2, -0.15) is 0 Å². The van der Waals surface area contributed by atoms with Gasteiger partial charge in [0.2, 0.25) is 0 Å². The first-order valence-corrected chi connectivity index (χ1v) is 7.55. The number of pyridine rings is 1. The van der Waals surface area contributed by atoms with E-state index in [1.165, 1.54) is 19.4 Å². The molecule has 1 aliphatic heterocycles. The quantitative estimate of drug-likeness (QED) is 0.842. The molecule has 0 bridgehead atoms. The number of aromatic nitrogens is 1. The van der Waals surface area contributed by atoms with Crippen LogP contribution >= 0.6 is 27.5 Å². The molecule has 0 spiro atoms. The summed E-state index contributed by atoms with van der Waals surface area (Å²) >= 11 is 9.45. The minimum absolute atomic E-state index is 0.643. The largest absolute Gasteiger partial charge is 0.357 e. The minimum Gasteiger partial charge on any atom is -0.357 e. The van der Waals surface area contributed by atoms with Crippen LogP contribution in [0.4, 0.5) is 5.82 Å². The van der Waals surface area contributed by atoms with Crippen LogP contribution in [-0.4, -0.2) is 42.6 Å². The van der Waals surface area contributed by atoms with E-state index in [9.17, 15) is 0 Å². The maximum absolute atomic E-state index is 5.92. The molecule has 2 rings (SSSR count). The number of nitrogens with zero attached hydrogens (tertiary/aromatic N) is 3. The zero-order chi connectivity index (χ0) is 13.1. The molecule has 5 heteroatoms. The molecule has 0 radical (unpaired) electrons. The number of hydrogen-bond acceptors (Lipinski definition) is 3. The highest BCUT2D eigenvalue weighted by atomic mass is 79.9. The average Bonchev–Trinajstić information content (AvgIpc) is 2.76. The van der Waals surface area contributed by atoms with Crippen molar-refractivity contribution in [3.63, 3.8) is 0 Å². The Morgan fingerprint density at radius 1 is 1.61 bits per heavy atom. The second-order valence-corrected chi connectivity index (χ2v) is 6.05. The summed E-state index contributed by atoms with van der Waals surface area (Å²) in [6.07, 6.45) is 4.29. The molecule has 0 N–H and O–H groups in total. The van der Waals surface area contributed by atoms with Gasteiger partial charge in [0.15, 0.2) is 0 Å². The van der Waals surface area contributed by atoms with Crippen molar-refractivity contribution in [3.05, 3.63) is 21.8 Å². The van der Waals surface area contributed by atoms with Gasteiger partial charge in [0.1, 0.15) is 5.82 Å². The van der Waals surface area contributed by atoms with Crippen molar-refractivity contribution in [2.45, 2.75) is 25.8 Å². The standard InChI is InChI=1S/C13H19BrClN3/c1-3-18-6-4-5-11(18)9-17(2)13-12(14)7-10(15)8-16-13/h7-8,11H,3-6,9H2,1-2H3. The Hall–Kier alpha value is -0.320. The van der Waals surface area contributed by atoms with Gasteiger partial charge in [-0.3, -0.25) is 4.90 Å². The lowest BCUT2D eigenvalue weighted by molar-refractivity contribution is 0.270. The van der Waals surface area contributed by atoms with Gasteiger partial charge in [0.05, 0.1) is 9.50 Å². The fraction of sp³-hybridized carbons (Fsp3) is 0.615. The van der Waals surface area contributed by atoms with Gasteiger partial charge >= 0.3 is 0 Å². The zero-order valence-corrected chi connectivity index (χ0v) is 13.2. The maximum atomic E-state index is 5.92. The molecule has 100 valence electrons. The second kappa shape index (κ2) is 6.22. The van der Waals surface area contributed by atoms with Crippen LogP contribution in [0.15, 0.2) is 16.7 Å². The fourth-order valence-corrected chi connectivity index (χ4v) is 3.55. The highest BCUT2D eigenvalue weighted by Crippen LogP contribution is 2.27. The minimum atomic E-state index is 0.643. The molecule has 2 heterocycles. The molecule has 1 unspecified atom stereocenters. The molecule has 3 nitrogen and oxygen atoms in total. The van der Waals surface area contributed by atoms with Crippen LogP contribution in [0.2, 0.25) is 5.02 Å². The molecular weight excluding hydrogens is 314 g/mol. The maximum Gasteiger partial charge on any atom is 0.142 e. The van der Waals surface area contributed by atoms with Gasteiger partial charge in [-0.05, 0) is 47.9 Å². The van der Waals surface area contributed by atoms with E-state index >= 15 is 0 Å². The van der Waals surface area contributed by atoms with Gasteiger partial charge < -0.3 is 4.90 Å². The van der Waals surface area contributed by atoms with E-state index in [0.29, 0.717) is 11.1 Å². The highest BCUT2D eigenvalue weighted by Gasteiger charge is 2.24. The summed E-state index contributed by atoms with van der Waals surface area (Å²) in [7, 11) is 2.09. The molecule has 1 atom stereocenters. The lowest BCUT2D eigenvalue weighted by Gasteiger charge is -2.28. The Balaban J connectivity index is 2.05. The Bertz CT molecular complexity index is 413.